The number of carbonyl (C=O) groups excluding carboxylic acids is 3. The maximum atomic E-state index is 12.5. The van der Waals surface area contributed by atoms with Crippen LogP contribution >= 0.6 is 0 Å². The lowest BCUT2D eigenvalue weighted by molar-refractivity contribution is -0.0288. The van der Waals surface area contributed by atoms with Crippen molar-refractivity contribution in [3.63, 3.8) is 0 Å². The monoisotopic (exact) mass is 528 g/mol. The van der Waals surface area contributed by atoms with Crippen LogP contribution in [-0.2, 0) is 14.2 Å². The van der Waals surface area contributed by atoms with Gasteiger partial charge in [0.05, 0.1) is 22.1 Å². The maximum absolute atomic E-state index is 12.5. The maximum Gasteiger partial charge on any atom is 0.338 e. The van der Waals surface area contributed by atoms with Crippen molar-refractivity contribution < 1.29 is 59.2 Å². The number of aromatic hydroxyl groups is 6. The normalized spacial score (nSPS) is 11.0. The SMILES string of the molecule is CC(COC(=O)c1ccccc1)(COC(=O)c1cc(O)c(O)c(O)c1)COC(=O)c1cc(O)c(O)c(O)c1. The fourth-order valence-corrected chi connectivity index (χ4v) is 3.11. The van der Waals surface area contributed by atoms with Crippen LogP contribution in [0.1, 0.15) is 38.0 Å². The van der Waals surface area contributed by atoms with E-state index < -0.39 is 71.0 Å². The van der Waals surface area contributed by atoms with E-state index in [4.69, 9.17) is 14.2 Å². The number of ether oxygens (including phenoxy) is 3. The van der Waals surface area contributed by atoms with Gasteiger partial charge in [-0.1, -0.05) is 18.2 Å². The first-order valence-electron chi connectivity index (χ1n) is 11.0. The van der Waals surface area contributed by atoms with Crippen molar-refractivity contribution >= 4 is 17.9 Å². The van der Waals surface area contributed by atoms with Gasteiger partial charge < -0.3 is 44.8 Å². The largest absolute Gasteiger partial charge is 0.504 e. The molecule has 3 aromatic rings. The first-order chi connectivity index (χ1) is 17.9. The van der Waals surface area contributed by atoms with Crippen LogP contribution in [0.3, 0.4) is 0 Å². The summed E-state index contributed by atoms with van der Waals surface area (Å²) in [6.07, 6.45) is 0. The van der Waals surface area contributed by atoms with Gasteiger partial charge in [0.2, 0.25) is 0 Å². The minimum atomic E-state index is -1.32. The number of esters is 3. The van der Waals surface area contributed by atoms with E-state index in [0.29, 0.717) is 0 Å². The van der Waals surface area contributed by atoms with Crippen LogP contribution in [0.15, 0.2) is 54.6 Å². The molecule has 3 rings (SSSR count). The van der Waals surface area contributed by atoms with Gasteiger partial charge >= 0.3 is 17.9 Å². The second-order valence-electron chi connectivity index (χ2n) is 8.63. The molecule has 0 bridgehead atoms. The second-order valence-corrected chi connectivity index (χ2v) is 8.63. The van der Waals surface area contributed by atoms with E-state index in [0.717, 1.165) is 24.3 Å². The van der Waals surface area contributed by atoms with Gasteiger partial charge in [0.25, 0.3) is 0 Å². The topological polar surface area (TPSA) is 200 Å². The van der Waals surface area contributed by atoms with Crippen molar-refractivity contribution in [1.29, 1.82) is 0 Å². The van der Waals surface area contributed by atoms with Gasteiger partial charge in [0.15, 0.2) is 34.5 Å². The molecule has 0 saturated heterocycles. The Bertz CT molecular complexity index is 1230. The van der Waals surface area contributed by atoms with Crippen LogP contribution in [0.5, 0.6) is 34.5 Å². The standard InChI is InChI=1S/C26H24O12/c1-26(11-36-23(33)14-5-3-2-4-6-14,12-37-24(34)15-7-17(27)21(31)18(28)8-15)13-38-25(35)16-9-19(29)22(32)20(30)10-16/h2-10,27-32H,11-13H2,1H3. The van der Waals surface area contributed by atoms with Gasteiger partial charge in [-0.15, -0.1) is 0 Å². The van der Waals surface area contributed by atoms with Crippen LogP contribution in [0.25, 0.3) is 0 Å². The summed E-state index contributed by atoms with van der Waals surface area (Å²) in [6, 6.07) is 11.5. The molecule has 0 amide bonds. The van der Waals surface area contributed by atoms with Gasteiger partial charge in [-0.2, -0.15) is 0 Å². The molecule has 38 heavy (non-hydrogen) atoms. The van der Waals surface area contributed by atoms with Crippen LogP contribution in [0, 0.1) is 5.41 Å². The van der Waals surface area contributed by atoms with Gasteiger partial charge in [0, 0.05) is 0 Å². The van der Waals surface area contributed by atoms with E-state index in [2.05, 4.69) is 0 Å². The van der Waals surface area contributed by atoms with E-state index in [-0.39, 0.29) is 23.3 Å². The number of benzene rings is 3. The lowest BCUT2D eigenvalue weighted by atomic mass is 9.94. The molecule has 3 aromatic carbocycles. The smallest absolute Gasteiger partial charge is 0.338 e. The van der Waals surface area contributed by atoms with Crippen LogP contribution in [-0.4, -0.2) is 68.4 Å². The summed E-state index contributed by atoms with van der Waals surface area (Å²) >= 11 is 0. The van der Waals surface area contributed by atoms with Crippen molar-refractivity contribution in [2.75, 3.05) is 19.8 Å². The van der Waals surface area contributed by atoms with Crippen molar-refractivity contribution in [1.82, 2.24) is 0 Å². The molecule has 0 aliphatic heterocycles. The summed E-state index contributed by atoms with van der Waals surface area (Å²) in [5.41, 5.74) is -1.67. The third-order valence-corrected chi connectivity index (χ3v) is 5.28. The molecule has 0 spiro atoms. The van der Waals surface area contributed by atoms with Gasteiger partial charge in [-0.3, -0.25) is 0 Å². The Balaban J connectivity index is 1.75. The fraction of sp³-hybridized carbons (Fsp3) is 0.192. The van der Waals surface area contributed by atoms with E-state index >= 15 is 0 Å². The molecule has 0 saturated carbocycles. The molecular weight excluding hydrogens is 504 g/mol. The highest BCUT2D eigenvalue weighted by atomic mass is 16.6. The molecular formula is C26H24O12. The molecule has 0 atom stereocenters. The number of phenolic OH excluding ortho intramolecular Hbond substituents is 6. The molecule has 0 aliphatic rings. The van der Waals surface area contributed by atoms with Crippen LogP contribution in [0.2, 0.25) is 0 Å². The molecule has 0 aliphatic carbocycles. The zero-order valence-electron chi connectivity index (χ0n) is 20.0. The van der Waals surface area contributed by atoms with E-state index in [1.807, 2.05) is 0 Å². The zero-order valence-corrected chi connectivity index (χ0v) is 20.0. The van der Waals surface area contributed by atoms with E-state index in [1.165, 1.54) is 19.1 Å². The minimum absolute atomic E-state index is 0.244. The average Bonchev–Trinajstić information content (AvgIpc) is 2.90. The summed E-state index contributed by atoms with van der Waals surface area (Å²) in [4.78, 5) is 37.5. The Hall–Kier alpha value is -5.13. The van der Waals surface area contributed by atoms with E-state index in [1.54, 1.807) is 18.2 Å². The number of hydrogen-bond acceptors (Lipinski definition) is 12. The Morgan fingerprint density at radius 2 is 0.895 bits per heavy atom. The summed E-state index contributed by atoms with van der Waals surface area (Å²) < 4.78 is 15.8. The number of carbonyl (C=O) groups is 3. The van der Waals surface area contributed by atoms with Gasteiger partial charge in [0.1, 0.15) is 19.8 Å². The average molecular weight is 528 g/mol. The predicted octanol–water partition coefficient (Wildman–Crippen LogP) is 2.80. The number of phenols is 6. The molecule has 12 heteroatoms. The molecule has 6 N–H and O–H groups in total. The van der Waals surface area contributed by atoms with Crippen LogP contribution in [0.4, 0.5) is 0 Å². The Labute approximate surface area is 215 Å². The first kappa shape index (κ1) is 27.5. The quantitative estimate of drug-likeness (QED) is 0.135. The highest BCUT2D eigenvalue weighted by Gasteiger charge is 2.32. The highest BCUT2D eigenvalue weighted by Crippen LogP contribution is 2.37. The third kappa shape index (κ3) is 6.55. The summed E-state index contributed by atoms with van der Waals surface area (Å²) in [7, 11) is 0. The zero-order chi connectivity index (χ0) is 28.0. The first-order valence-corrected chi connectivity index (χ1v) is 11.0. The lowest BCUT2D eigenvalue weighted by Gasteiger charge is -2.28. The van der Waals surface area contributed by atoms with Crippen molar-refractivity contribution in [3.05, 3.63) is 71.3 Å². The molecule has 0 unspecified atom stereocenters. The molecule has 0 aromatic heterocycles. The summed E-state index contributed by atoms with van der Waals surface area (Å²) in [5, 5.41) is 57.5. The molecule has 0 heterocycles. The number of hydrogen-bond donors (Lipinski definition) is 6. The second kappa shape index (κ2) is 11.3. The molecule has 200 valence electrons. The minimum Gasteiger partial charge on any atom is -0.504 e. The molecule has 0 fully saturated rings. The fourth-order valence-electron chi connectivity index (χ4n) is 3.11. The van der Waals surface area contributed by atoms with E-state index in [9.17, 15) is 45.0 Å². The number of rotatable bonds is 9. The predicted molar refractivity (Wildman–Crippen MR) is 128 cm³/mol. The van der Waals surface area contributed by atoms with Crippen LogP contribution < -0.4 is 0 Å². The van der Waals surface area contributed by atoms with Crippen molar-refractivity contribution in [3.8, 4) is 34.5 Å². The Morgan fingerprint density at radius 3 is 1.24 bits per heavy atom. The Morgan fingerprint density at radius 1 is 0.579 bits per heavy atom. The lowest BCUT2D eigenvalue weighted by Crippen LogP contribution is -2.37. The molecule has 0 radical (unpaired) electrons. The van der Waals surface area contributed by atoms with Crippen molar-refractivity contribution in [2.45, 2.75) is 6.92 Å². The molecule has 12 nitrogen and oxygen atoms in total. The summed E-state index contributed by atoms with van der Waals surface area (Å²) in [5.74, 6) is -7.41. The highest BCUT2D eigenvalue weighted by molar-refractivity contribution is 5.92. The third-order valence-electron chi connectivity index (χ3n) is 5.28. The van der Waals surface area contributed by atoms with Gasteiger partial charge in [-0.05, 0) is 43.3 Å². The van der Waals surface area contributed by atoms with Crippen molar-refractivity contribution in [2.24, 2.45) is 5.41 Å². The Kier molecular flexibility index (Phi) is 8.16. The summed E-state index contributed by atoms with van der Waals surface area (Å²) in [6.45, 7) is 0.133. The van der Waals surface area contributed by atoms with Gasteiger partial charge in [-0.25, -0.2) is 14.4 Å².